The van der Waals surface area contributed by atoms with Crippen LogP contribution in [0.15, 0.2) is 28.8 Å². The van der Waals surface area contributed by atoms with Crippen LogP contribution >= 0.6 is 11.8 Å². The monoisotopic (exact) mass is 261 g/mol. The van der Waals surface area contributed by atoms with Crippen LogP contribution in [-0.4, -0.2) is 16.4 Å². The van der Waals surface area contributed by atoms with E-state index in [-0.39, 0.29) is 6.04 Å². The molecule has 2 heterocycles. The van der Waals surface area contributed by atoms with E-state index in [1.54, 1.807) is 11.8 Å². The van der Waals surface area contributed by atoms with Crippen molar-refractivity contribution < 1.29 is 4.52 Å². The van der Waals surface area contributed by atoms with Gasteiger partial charge in [-0.1, -0.05) is 29.4 Å². The number of aromatic nitrogens is 2. The number of hydrogen-bond acceptors (Lipinski definition) is 5. The molecule has 0 spiro atoms. The van der Waals surface area contributed by atoms with Gasteiger partial charge in [0.15, 0.2) is 5.82 Å². The maximum absolute atomic E-state index is 5.33. The van der Waals surface area contributed by atoms with Gasteiger partial charge in [-0.25, -0.2) is 0 Å². The van der Waals surface area contributed by atoms with E-state index in [1.807, 2.05) is 6.26 Å². The molecule has 94 valence electrons. The highest BCUT2D eigenvalue weighted by molar-refractivity contribution is 7.97. The molecule has 0 radical (unpaired) electrons. The van der Waals surface area contributed by atoms with Gasteiger partial charge in [0.2, 0.25) is 5.89 Å². The normalized spacial score (nSPS) is 18.6. The molecule has 18 heavy (non-hydrogen) atoms. The van der Waals surface area contributed by atoms with Crippen molar-refractivity contribution >= 4 is 11.8 Å². The van der Waals surface area contributed by atoms with E-state index >= 15 is 0 Å². The SMILES string of the molecule is CSCc1noc([C@H]2Cc3ccccc3CN2)n1. The zero-order chi connectivity index (χ0) is 12.4. The highest BCUT2D eigenvalue weighted by atomic mass is 32.2. The first-order valence-electron chi connectivity index (χ1n) is 5.98. The minimum atomic E-state index is 0.142. The molecule has 3 rings (SSSR count). The lowest BCUT2D eigenvalue weighted by atomic mass is 9.96. The average molecular weight is 261 g/mol. The van der Waals surface area contributed by atoms with Gasteiger partial charge >= 0.3 is 0 Å². The molecule has 4 nitrogen and oxygen atoms in total. The summed E-state index contributed by atoms with van der Waals surface area (Å²) in [7, 11) is 0. The fraction of sp³-hybridized carbons (Fsp3) is 0.385. The first-order chi connectivity index (χ1) is 8.86. The van der Waals surface area contributed by atoms with Crippen LogP contribution in [0.4, 0.5) is 0 Å². The van der Waals surface area contributed by atoms with Crippen LogP contribution in [0.1, 0.15) is 28.9 Å². The van der Waals surface area contributed by atoms with Crippen LogP contribution in [0.5, 0.6) is 0 Å². The molecule has 0 unspecified atom stereocenters. The summed E-state index contributed by atoms with van der Waals surface area (Å²) in [4.78, 5) is 4.44. The molecule has 0 bridgehead atoms. The fourth-order valence-electron chi connectivity index (χ4n) is 2.23. The number of hydrogen-bond donors (Lipinski definition) is 1. The van der Waals surface area contributed by atoms with Gasteiger partial charge in [0.25, 0.3) is 0 Å². The molecule has 1 aromatic heterocycles. The molecule has 1 aliphatic heterocycles. The van der Waals surface area contributed by atoms with Gasteiger partial charge in [-0.15, -0.1) is 0 Å². The van der Waals surface area contributed by atoms with E-state index in [9.17, 15) is 0 Å². The first kappa shape index (κ1) is 11.7. The van der Waals surface area contributed by atoms with E-state index in [1.165, 1.54) is 11.1 Å². The zero-order valence-electron chi connectivity index (χ0n) is 10.2. The molecule has 0 saturated heterocycles. The van der Waals surface area contributed by atoms with Crippen LogP contribution < -0.4 is 5.32 Å². The highest BCUT2D eigenvalue weighted by Crippen LogP contribution is 2.24. The summed E-state index contributed by atoms with van der Waals surface area (Å²) in [6.07, 6.45) is 2.95. The Balaban J connectivity index is 1.78. The summed E-state index contributed by atoms with van der Waals surface area (Å²) < 4.78 is 5.33. The highest BCUT2D eigenvalue weighted by Gasteiger charge is 2.23. The molecule has 0 aliphatic carbocycles. The van der Waals surface area contributed by atoms with Gasteiger partial charge in [-0.2, -0.15) is 16.7 Å². The molecular formula is C13H15N3OS. The summed E-state index contributed by atoms with van der Waals surface area (Å²) >= 11 is 1.70. The molecule has 2 aromatic rings. The van der Waals surface area contributed by atoms with Gasteiger partial charge in [0.05, 0.1) is 11.8 Å². The van der Waals surface area contributed by atoms with Crippen molar-refractivity contribution in [1.82, 2.24) is 15.5 Å². The maximum atomic E-state index is 5.33. The predicted octanol–water partition coefficient (Wildman–Crippen LogP) is 2.32. The second-order valence-electron chi connectivity index (χ2n) is 4.39. The Kier molecular flexibility index (Phi) is 3.34. The van der Waals surface area contributed by atoms with Crippen molar-refractivity contribution in [3.05, 3.63) is 47.1 Å². The topological polar surface area (TPSA) is 51.0 Å². The smallest absolute Gasteiger partial charge is 0.244 e. The second kappa shape index (κ2) is 5.12. The predicted molar refractivity (Wildman–Crippen MR) is 71.2 cm³/mol. The standard InChI is InChI=1S/C13H15N3OS/c1-18-8-12-15-13(17-16-12)11-6-9-4-2-3-5-10(9)7-14-11/h2-5,11,14H,6-8H2,1H3/t11-/m1/s1. The van der Waals surface area contributed by atoms with Crippen LogP contribution in [0, 0.1) is 0 Å². The Hall–Kier alpha value is -1.33. The van der Waals surface area contributed by atoms with E-state index in [2.05, 4.69) is 39.7 Å². The molecule has 1 N–H and O–H groups in total. The molecular weight excluding hydrogens is 246 g/mol. The van der Waals surface area contributed by atoms with Crippen molar-refractivity contribution in [3.63, 3.8) is 0 Å². The largest absolute Gasteiger partial charge is 0.338 e. The third kappa shape index (κ3) is 2.28. The van der Waals surface area contributed by atoms with Gasteiger partial charge < -0.3 is 9.84 Å². The van der Waals surface area contributed by atoms with E-state index in [0.717, 1.165) is 24.5 Å². The summed E-state index contributed by atoms with van der Waals surface area (Å²) in [6, 6.07) is 8.62. The van der Waals surface area contributed by atoms with Crippen molar-refractivity contribution in [2.24, 2.45) is 0 Å². The summed E-state index contributed by atoms with van der Waals surface area (Å²) in [5.41, 5.74) is 2.73. The Morgan fingerprint density at radius 1 is 1.39 bits per heavy atom. The third-order valence-corrected chi connectivity index (χ3v) is 3.68. The molecule has 0 amide bonds. The number of rotatable bonds is 3. The maximum Gasteiger partial charge on any atom is 0.244 e. The van der Waals surface area contributed by atoms with Crippen molar-refractivity contribution in [2.75, 3.05) is 6.26 Å². The van der Waals surface area contributed by atoms with Crippen LogP contribution in [0.25, 0.3) is 0 Å². The summed E-state index contributed by atoms with van der Waals surface area (Å²) in [6.45, 7) is 0.862. The van der Waals surface area contributed by atoms with Gasteiger partial charge in [0, 0.05) is 6.54 Å². The lowest BCUT2D eigenvalue weighted by molar-refractivity contribution is 0.319. The molecule has 0 saturated carbocycles. The van der Waals surface area contributed by atoms with Crippen molar-refractivity contribution in [3.8, 4) is 0 Å². The lowest BCUT2D eigenvalue weighted by Crippen LogP contribution is -2.28. The number of nitrogens with zero attached hydrogens (tertiary/aromatic N) is 2. The van der Waals surface area contributed by atoms with Crippen LogP contribution in [0.2, 0.25) is 0 Å². The zero-order valence-corrected chi connectivity index (χ0v) is 11.0. The molecule has 1 atom stereocenters. The first-order valence-corrected chi connectivity index (χ1v) is 7.38. The number of benzene rings is 1. The van der Waals surface area contributed by atoms with Gasteiger partial charge in [-0.05, 0) is 23.8 Å². The molecule has 0 fully saturated rings. The van der Waals surface area contributed by atoms with E-state index < -0.39 is 0 Å². The molecule has 5 heteroatoms. The number of fused-ring (bicyclic) bond motifs is 1. The molecule has 1 aromatic carbocycles. The van der Waals surface area contributed by atoms with Crippen LogP contribution in [0.3, 0.4) is 0 Å². The Bertz CT molecular complexity index is 541. The Morgan fingerprint density at radius 3 is 3.06 bits per heavy atom. The minimum absolute atomic E-state index is 0.142. The number of thioether (sulfide) groups is 1. The molecule has 1 aliphatic rings. The third-order valence-electron chi connectivity index (χ3n) is 3.14. The quantitative estimate of drug-likeness (QED) is 0.919. The van der Waals surface area contributed by atoms with E-state index in [4.69, 9.17) is 4.52 Å². The Labute approximate surface area is 110 Å². The van der Waals surface area contributed by atoms with Crippen molar-refractivity contribution in [2.45, 2.75) is 24.8 Å². The van der Waals surface area contributed by atoms with E-state index in [0.29, 0.717) is 5.89 Å². The van der Waals surface area contributed by atoms with Gasteiger partial charge in [0.1, 0.15) is 0 Å². The minimum Gasteiger partial charge on any atom is -0.338 e. The second-order valence-corrected chi connectivity index (χ2v) is 5.25. The summed E-state index contributed by atoms with van der Waals surface area (Å²) in [5.74, 6) is 2.28. The Morgan fingerprint density at radius 2 is 2.22 bits per heavy atom. The lowest BCUT2D eigenvalue weighted by Gasteiger charge is -2.23. The fourth-order valence-corrected chi connectivity index (χ4v) is 2.60. The van der Waals surface area contributed by atoms with Gasteiger partial charge in [-0.3, -0.25) is 0 Å². The van der Waals surface area contributed by atoms with Crippen LogP contribution in [-0.2, 0) is 18.7 Å². The summed E-state index contributed by atoms with van der Waals surface area (Å²) in [5, 5.41) is 7.43. The average Bonchev–Trinajstić information content (AvgIpc) is 2.87. The number of nitrogens with one attached hydrogen (secondary N) is 1. The van der Waals surface area contributed by atoms with Crippen molar-refractivity contribution in [1.29, 1.82) is 0 Å².